The molecule has 4 N–H and O–H groups in total. The van der Waals surface area contributed by atoms with Crippen molar-refractivity contribution in [2.75, 3.05) is 0 Å². The first-order chi connectivity index (χ1) is 6.53. The number of aliphatic carboxylic acids is 1. The average Bonchev–Trinajstić information content (AvgIpc) is 2.79. The topological polar surface area (TPSA) is 92.4 Å². The van der Waals surface area contributed by atoms with Gasteiger partial charge in [0.2, 0.25) is 5.91 Å². The van der Waals surface area contributed by atoms with E-state index in [1.165, 1.54) is 0 Å². The smallest absolute Gasteiger partial charge is 0.329 e. The number of carbonyl (C=O) groups excluding carboxylic acids is 1. The number of carboxylic acid groups (broad SMARTS) is 1. The van der Waals surface area contributed by atoms with Gasteiger partial charge in [-0.15, -0.1) is 0 Å². The maximum Gasteiger partial charge on any atom is 0.329 e. The molecule has 0 heterocycles. The third kappa shape index (κ3) is 1.48. The van der Waals surface area contributed by atoms with E-state index in [4.69, 9.17) is 10.8 Å². The van der Waals surface area contributed by atoms with Crippen LogP contribution in [-0.2, 0) is 9.59 Å². The van der Waals surface area contributed by atoms with E-state index in [-0.39, 0.29) is 17.9 Å². The molecule has 0 radical (unpaired) electrons. The molecule has 0 aromatic heterocycles. The highest BCUT2D eigenvalue weighted by molar-refractivity contribution is 5.90. The van der Waals surface area contributed by atoms with Crippen LogP contribution in [0.25, 0.3) is 0 Å². The summed E-state index contributed by atoms with van der Waals surface area (Å²) in [5.74, 6) is -1.14. The first kappa shape index (κ1) is 9.45. The molecule has 2 saturated carbocycles. The van der Waals surface area contributed by atoms with Gasteiger partial charge in [-0.3, -0.25) is 4.79 Å². The van der Waals surface area contributed by atoms with Crippen molar-refractivity contribution in [2.45, 2.75) is 37.3 Å². The van der Waals surface area contributed by atoms with Gasteiger partial charge in [0.15, 0.2) is 0 Å². The third-order valence-electron chi connectivity index (χ3n) is 3.07. The molecule has 78 valence electrons. The molecule has 0 aliphatic heterocycles. The molecule has 2 aliphatic carbocycles. The Labute approximate surface area is 81.7 Å². The van der Waals surface area contributed by atoms with Gasteiger partial charge in [0.05, 0.1) is 0 Å². The second-order valence-electron chi connectivity index (χ2n) is 4.30. The summed E-state index contributed by atoms with van der Waals surface area (Å²) in [5.41, 5.74) is 4.60. The fourth-order valence-corrected chi connectivity index (χ4v) is 1.73. The Hall–Kier alpha value is -1.10. The molecule has 0 aromatic carbocycles. The Kier molecular flexibility index (Phi) is 1.99. The summed E-state index contributed by atoms with van der Waals surface area (Å²) < 4.78 is 0. The van der Waals surface area contributed by atoms with Crippen LogP contribution in [-0.4, -0.2) is 28.6 Å². The van der Waals surface area contributed by atoms with Crippen molar-refractivity contribution < 1.29 is 14.7 Å². The van der Waals surface area contributed by atoms with Gasteiger partial charge in [0.1, 0.15) is 5.54 Å². The number of hydrogen-bond donors (Lipinski definition) is 3. The van der Waals surface area contributed by atoms with E-state index in [9.17, 15) is 9.59 Å². The molecule has 0 spiro atoms. The molecule has 1 amide bonds. The van der Waals surface area contributed by atoms with Crippen molar-refractivity contribution in [3.63, 3.8) is 0 Å². The van der Waals surface area contributed by atoms with Crippen LogP contribution in [0.4, 0.5) is 0 Å². The van der Waals surface area contributed by atoms with Crippen LogP contribution in [0.1, 0.15) is 25.7 Å². The lowest BCUT2D eigenvalue weighted by Gasteiger charge is -2.32. The standard InChI is InChI=1S/C9H14N2O3/c10-6-3-5(4-6)7(12)11-9(1-2-9)8(13)14/h5-6H,1-4,10H2,(H,11,12)(H,13,14). The minimum atomic E-state index is -0.948. The first-order valence-electron chi connectivity index (χ1n) is 4.84. The second kappa shape index (κ2) is 2.95. The van der Waals surface area contributed by atoms with E-state index >= 15 is 0 Å². The highest BCUT2D eigenvalue weighted by atomic mass is 16.4. The molecule has 0 aromatic rings. The quantitative estimate of drug-likeness (QED) is 0.567. The minimum Gasteiger partial charge on any atom is -0.480 e. The van der Waals surface area contributed by atoms with Crippen molar-refractivity contribution in [3.8, 4) is 0 Å². The zero-order valence-corrected chi connectivity index (χ0v) is 7.82. The minimum absolute atomic E-state index is 0.0678. The molecule has 2 fully saturated rings. The van der Waals surface area contributed by atoms with Crippen LogP contribution in [0.15, 0.2) is 0 Å². The van der Waals surface area contributed by atoms with E-state index < -0.39 is 11.5 Å². The monoisotopic (exact) mass is 198 g/mol. The number of carbonyl (C=O) groups is 2. The Balaban J connectivity index is 1.86. The predicted octanol–water partition coefficient (Wildman–Crippen LogP) is -0.543. The lowest BCUT2D eigenvalue weighted by molar-refractivity contribution is -0.144. The average molecular weight is 198 g/mol. The predicted molar refractivity (Wildman–Crippen MR) is 48.4 cm³/mol. The lowest BCUT2D eigenvalue weighted by atomic mass is 9.80. The molecule has 0 atom stereocenters. The maximum absolute atomic E-state index is 11.5. The number of carboxylic acids is 1. The van der Waals surface area contributed by atoms with Gasteiger partial charge < -0.3 is 16.2 Å². The molecule has 0 saturated heterocycles. The van der Waals surface area contributed by atoms with Gasteiger partial charge in [-0.1, -0.05) is 0 Å². The number of amides is 1. The van der Waals surface area contributed by atoms with E-state index in [1.807, 2.05) is 0 Å². The Morgan fingerprint density at radius 2 is 1.93 bits per heavy atom. The lowest BCUT2D eigenvalue weighted by Crippen LogP contribution is -2.51. The molecule has 5 heteroatoms. The van der Waals surface area contributed by atoms with E-state index in [0.29, 0.717) is 25.7 Å². The van der Waals surface area contributed by atoms with Crippen molar-refractivity contribution in [1.29, 1.82) is 0 Å². The zero-order chi connectivity index (χ0) is 10.3. The SMILES string of the molecule is NC1CC(C(=O)NC2(C(=O)O)CC2)C1. The van der Waals surface area contributed by atoms with E-state index in [1.54, 1.807) is 0 Å². The third-order valence-corrected chi connectivity index (χ3v) is 3.07. The summed E-state index contributed by atoms with van der Waals surface area (Å²) >= 11 is 0. The zero-order valence-electron chi connectivity index (χ0n) is 7.82. The van der Waals surface area contributed by atoms with Gasteiger partial charge in [-0.25, -0.2) is 4.79 Å². The second-order valence-corrected chi connectivity index (χ2v) is 4.30. The van der Waals surface area contributed by atoms with Crippen LogP contribution in [0.5, 0.6) is 0 Å². The van der Waals surface area contributed by atoms with Crippen molar-refractivity contribution in [3.05, 3.63) is 0 Å². The molecule has 0 bridgehead atoms. The van der Waals surface area contributed by atoms with E-state index in [0.717, 1.165) is 0 Å². The molecule has 2 aliphatic rings. The highest BCUT2D eigenvalue weighted by Gasteiger charge is 2.52. The van der Waals surface area contributed by atoms with Crippen LogP contribution < -0.4 is 11.1 Å². The Morgan fingerprint density at radius 3 is 2.29 bits per heavy atom. The van der Waals surface area contributed by atoms with Gasteiger partial charge >= 0.3 is 5.97 Å². The summed E-state index contributed by atoms with van der Waals surface area (Å²) in [7, 11) is 0. The Morgan fingerprint density at radius 1 is 1.36 bits per heavy atom. The Bertz CT molecular complexity index is 280. The van der Waals surface area contributed by atoms with Crippen LogP contribution in [0, 0.1) is 5.92 Å². The molecule has 5 nitrogen and oxygen atoms in total. The van der Waals surface area contributed by atoms with Crippen molar-refractivity contribution in [1.82, 2.24) is 5.32 Å². The van der Waals surface area contributed by atoms with Gasteiger partial charge in [-0.2, -0.15) is 0 Å². The number of rotatable bonds is 3. The van der Waals surface area contributed by atoms with Gasteiger partial charge in [0, 0.05) is 12.0 Å². The van der Waals surface area contributed by atoms with Crippen LogP contribution in [0.2, 0.25) is 0 Å². The molecule has 14 heavy (non-hydrogen) atoms. The largest absolute Gasteiger partial charge is 0.480 e. The fourth-order valence-electron chi connectivity index (χ4n) is 1.73. The van der Waals surface area contributed by atoms with Crippen LogP contribution >= 0.6 is 0 Å². The first-order valence-corrected chi connectivity index (χ1v) is 4.84. The van der Waals surface area contributed by atoms with Gasteiger partial charge in [0.25, 0.3) is 0 Å². The van der Waals surface area contributed by atoms with E-state index in [2.05, 4.69) is 5.32 Å². The number of hydrogen-bond acceptors (Lipinski definition) is 3. The van der Waals surface area contributed by atoms with Crippen molar-refractivity contribution >= 4 is 11.9 Å². The highest BCUT2D eigenvalue weighted by Crippen LogP contribution is 2.37. The maximum atomic E-state index is 11.5. The number of nitrogens with one attached hydrogen (secondary N) is 1. The normalized spacial score (nSPS) is 32.9. The summed E-state index contributed by atoms with van der Waals surface area (Å²) in [6, 6.07) is 0.116. The van der Waals surface area contributed by atoms with Crippen LogP contribution in [0.3, 0.4) is 0 Å². The molecular weight excluding hydrogens is 184 g/mol. The summed E-state index contributed by atoms with van der Waals surface area (Å²) in [6.07, 6.45) is 2.46. The summed E-state index contributed by atoms with van der Waals surface area (Å²) in [4.78, 5) is 22.3. The fraction of sp³-hybridized carbons (Fsp3) is 0.778. The molecule has 0 unspecified atom stereocenters. The number of nitrogens with two attached hydrogens (primary N) is 1. The molecule has 2 rings (SSSR count). The van der Waals surface area contributed by atoms with Crippen molar-refractivity contribution in [2.24, 2.45) is 11.7 Å². The summed E-state index contributed by atoms with van der Waals surface area (Å²) in [6.45, 7) is 0. The molecular formula is C9H14N2O3. The summed E-state index contributed by atoms with van der Waals surface area (Å²) in [5, 5.41) is 11.4. The van der Waals surface area contributed by atoms with Gasteiger partial charge in [-0.05, 0) is 25.7 Å².